The summed E-state index contributed by atoms with van der Waals surface area (Å²) >= 11 is 3.50. The SMILES string of the molecule is Cc1ccc(-c2cc(C(=O)Nc3ccc([N+](=O)[O-])cc3)c3cc(Br)cc(C)c3n2)cc1. The first-order valence-corrected chi connectivity index (χ1v) is 10.3. The summed E-state index contributed by atoms with van der Waals surface area (Å²) in [5.74, 6) is -0.313. The Morgan fingerprint density at radius 2 is 1.68 bits per heavy atom. The molecule has 0 spiro atoms. The van der Waals surface area contributed by atoms with Gasteiger partial charge in [0.1, 0.15) is 0 Å². The largest absolute Gasteiger partial charge is 0.322 e. The molecule has 4 rings (SSSR count). The number of fused-ring (bicyclic) bond motifs is 1. The Kier molecular flexibility index (Phi) is 5.52. The van der Waals surface area contributed by atoms with E-state index in [1.54, 1.807) is 6.07 Å². The van der Waals surface area contributed by atoms with Crippen molar-refractivity contribution in [2.75, 3.05) is 5.32 Å². The van der Waals surface area contributed by atoms with Gasteiger partial charge < -0.3 is 5.32 Å². The smallest absolute Gasteiger partial charge is 0.269 e. The van der Waals surface area contributed by atoms with Crippen LogP contribution in [-0.4, -0.2) is 15.8 Å². The first-order valence-electron chi connectivity index (χ1n) is 9.55. The number of pyridine rings is 1. The van der Waals surface area contributed by atoms with Gasteiger partial charge in [-0.2, -0.15) is 0 Å². The van der Waals surface area contributed by atoms with Crippen LogP contribution in [0, 0.1) is 24.0 Å². The first-order chi connectivity index (χ1) is 14.8. The first kappa shape index (κ1) is 20.7. The summed E-state index contributed by atoms with van der Waals surface area (Å²) in [6.07, 6.45) is 0. The molecule has 4 aromatic rings. The number of nitro groups is 1. The van der Waals surface area contributed by atoms with Crippen LogP contribution in [0.3, 0.4) is 0 Å². The molecule has 154 valence electrons. The van der Waals surface area contributed by atoms with Crippen molar-refractivity contribution in [1.82, 2.24) is 4.98 Å². The van der Waals surface area contributed by atoms with Crippen LogP contribution in [-0.2, 0) is 0 Å². The van der Waals surface area contributed by atoms with Crippen LogP contribution in [0.4, 0.5) is 11.4 Å². The Morgan fingerprint density at radius 1 is 1.00 bits per heavy atom. The molecule has 0 fully saturated rings. The number of rotatable bonds is 4. The van der Waals surface area contributed by atoms with E-state index in [-0.39, 0.29) is 11.6 Å². The van der Waals surface area contributed by atoms with E-state index >= 15 is 0 Å². The third kappa shape index (κ3) is 4.32. The molecule has 7 heteroatoms. The molecule has 31 heavy (non-hydrogen) atoms. The number of benzene rings is 3. The number of anilines is 1. The highest BCUT2D eigenvalue weighted by Crippen LogP contribution is 2.30. The summed E-state index contributed by atoms with van der Waals surface area (Å²) in [6, 6.07) is 19.3. The predicted octanol–water partition coefficient (Wildman–Crippen LogP) is 6.44. The normalized spacial score (nSPS) is 10.8. The number of nitrogens with one attached hydrogen (secondary N) is 1. The molecule has 1 N–H and O–H groups in total. The number of amides is 1. The number of aryl methyl sites for hydroxylation is 2. The lowest BCUT2D eigenvalue weighted by Crippen LogP contribution is -2.13. The minimum Gasteiger partial charge on any atom is -0.322 e. The van der Waals surface area contributed by atoms with Crippen LogP contribution in [0.5, 0.6) is 0 Å². The quantitative estimate of drug-likeness (QED) is 0.271. The molecular weight excluding hydrogens is 458 g/mol. The van der Waals surface area contributed by atoms with E-state index in [0.29, 0.717) is 16.9 Å². The van der Waals surface area contributed by atoms with Crippen LogP contribution < -0.4 is 5.32 Å². The van der Waals surface area contributed by atoms with E-state index in [4.69, 9.17) is 4.98 Å². The van der Waals surface area contributed by atoms with Gasteiger partial charge in [0.15, 0.2) is 0 Å². The van der Waals surface area contributed by atoms with Crippen molar-refractivity contribution in [3.63, 3.8) is 0 Å². The van der Waals surface area contributed by atoms with Crippen molar-refractivity contribution >= 4 is 44.1 Å². The fraction of sp³-hybridized carbons (Fsp3) is 0.0833. The molecular formula is C24H18BrN3O3. The number of nitro benzene ring substituents is 1. The number of non-ortho nitro benzene ring substituents is 1. The molecule has 0 saturated carbocycles. The number of hydrogen-bond donors (Lipinski definition) is 1. The molecule has 6 nitrogen and oxygen atoms in total. The molecule has 0 saturated heterocycles. The Balaban J connectivity index is 1.81. The molecule has 0 aliphatic heterocycles. The van der Waals surface area contributed by atoms with Crippen LogP contribution in [0.2, 0.25) is 0 Å². The number of hydrogen-bond acceptors (Lipinski definition) is 4. The van der Waals surface area contributed by atoms with Gasteiger partial charge in [0.25, 0.3) is 11.6 Å². The summed E-state index contributed by atoms with van der Waals surface area (Å²) in [6.45, 7) is 3.97. The molecule has 0 unspecified atom stereocenters. The zero-order chi connectivity index (χ0) is 22.1. The molecule has 0 aliphatic carbocycles. The lowest BCUT2D eigenvalue weighted by Gasteiger charge is -2.13. The van der Waals surface area contributed by atoms with Gasteiger partial charge in [-0.1, -0.05) is 45.8 Å². The monoisotopic (exact) mass is 475 g/mol. The Morgan fingerprint density at radius 3 is 2.32 bits per heavy atom. The van der Waals surface area contributed by atoms with Gasteiger partial charge >= 0.3 is 0 Å². The second-order valence-electron chi connectivity index (χ2n) is 7.30. The van der Waals surface area contributed by atoms with Crippen molar-refractivity contribution in [2.24, 2.45) is 0 Å². The van der Waals surface area contributed by atoms with Crippen LogP contribution in [0.1, 0.15) is 21.5 Å². The summed E-state index contributed by atoms with van der Waals surface area (Å²) < 4.78 is 0.853. The van der Waals surface area contributed by atoms with Gasteiger partial charge in [0.2, 0.25) is 0 Å². The maximum absolute atomic E-state index is 13.2. The second kappa shape index (κ2) is 8.28. The molecule has 0 aliphatic rings. The van der Waals surface area contributed by atoms with E-state index in [0.717, 1.165) is 32.1 Å². The number of aromatic nitrogens is 1. The van der Waals surface area contributed by atoms with Crippen molar-refractivity contribution < 1.29 is 9.72 Å². The lowest BCUT2D eigenvalue weighted by molar-refractivity contribution is -0.384. The van der Waals surface area contributed by atoms with Crippen LogP contribution >= 0.6 is 15.9 Å². The van der Waals surface area contributed by atoms with Crippen molar-refractivity contribution in [3.05, 3.63) is 98.0 Å². The maximum atomic E-state index is 13.2. The second-order valence-corrected chi connectivity index (χ2v) is 8.21. The fourth-order valence-electron chi connectivity index (χ4n) is 3.38. The predicted molar refractivity (Wildman–Crippen MR) is 125 cm³/mol. The van der Waals surface area contributed by atoms with Gasteiger partial charge in [-0.15, -0.1) is 0 Å². The molecule has 1 aromatic heterocycles. The van der Waals surface area contributed by atoms with Gasteiger partial charge in [0.05, 0.1) is 21.7 Å². The molecule has 0 atom stereocenters. The van der Waals surface area contributed by atoms with E-state index in [1.165, 1.54) is 24.3 Å². The average molecular weight is 476 g/mol. The summed E-state index contributed by atoms with van der Waals surface area (Å²) in [5, 5.41) is 14.4. The van der Waals surface area contributed by atoms with Gasteiger partial charge in [-0.3, -0.25) is 14.9 Å². The number of nitrogens with zero attached hydrogens (tertiary/aromatic N) is 2. The topological polar surface area (TPSA) is 85.1 Å². The highest BCUT2D eigenvalue weighted by molar-refractivity contribution is 9.10. The highest BCUT2D eigenvalue weighted by atomic mass is 79.9. The van der Waals surface area contributed by atoms with Crippen LogP contribution in [0.15, 0.2) is 71.2 Å². The average Bonchev–Trinajstić information content (AvgIpc) is 2.74. The Bertz CT molecular complexity index is 1320. The highest BCUT2D eigenvalue weighted by Gasteiger charge is 2.17. The zero-order valence-electron chi connectivity index (χ0n) is 16.8. The molecule has 1 heterocycles. The summed E-state index contributed by atoms with van der Waals surface area (Å²) in [7, 11) is 0. The van der Waals surface area contributed by atoms with Crippen LogP contribution in [0.25, 0.3) is 22.2 Å². The summed E-state index contributed by atoms with van der Waals surface area (Å²) in [4.78, 5) is 28.4. The van der Waals surface area contributed by atoms with Crippen molar-refractivity contribution in [3.8, 4) is 11.3 Å². The van der Waals surface area contributed by atoms with Crippen molar-refractivity contribution in [2.45, 2.75) is 13.8 Å². The van der Waals surface area contributed by atoms with E-state index in [2.05, 4.69) is 21.2 Å². The maximum Gasteiger partial charge on any atom is 0.269 e. The van der Waals surface area contributed by atoms with E-state index in [1.807, 2.05) is 50.2 Å². The fourth-order valence-corrected chi connectivity index (χ4v) is 3.95. The molecule has 0 radical (unpaired) electrons. The Labute approximate surface area is 187 Å². The third-order valence-electron chi connectivity index (χ3n) is 5.00. The number of halogens is 1. The minimum atomic E-state index is -0.476. The lowest BCUT2D eigenvalue weighted by atomic mass is 10.0. The van der Waals surface area contributed by atoms with Gasteiger partial charge in [0, 0.05) is 33.2 Å². The summed E-state index contributed by atoms with van der Waals surface area (Å²) in [5.41, 5.74) is 5.37. The molecule has 0 bridgehead atoms. The number of carbonyl (C=O) groups excluding carboxylic acids is 1. The van der Waals surface area contributed by atoms with E-state index in [9.17, 15) is 14.9 Å². The minimum absolute atomic E-state index is 0.0337. The Hall–Kier alpha value is -3.58. The van der Waals surface area contributed by atoms with Gasteiger partial charge in [-0.05, 0) is 49.7 Å². The molecule has 1 amide bonds. The molecule has 3 aromatic carbocycles. The number of carbonyl (C=O) groups is 1. The van der Waals surface area contributed by atoms with Gasteiger partial charge in [-0.25, -0.2) is 4.98 Å². The van der Waals surface area contributed by atoms with E-state index < -0.39 is 4.92 Å². The third-order valence-corrected chi connectivity index (χ3v) is 5.45. The van der Waals surface area contributed by atoms with Crippen molar-refractivity contribution in [1.29, 1.82) is 0 Å². The standard InChI is InChI=1S/C24H18BrN3O3/c1-14-3-5-16(6-4-14)22-13-21(20-12-17(25)11-15(2)23(20)27-22)24(29)26-18-7-9-19(10-8-18)28(30)31/h3-13H,1-2H3,(H,26,29). The zero-order valence-corrected chi connectivity index (χ0v) is 18.4.